The number of nitrogens with one attached hydrogen (secondary N) is 1. The first-order valence-electron chi connectivity index (χ1n) is 7.11. The third-order valence-electron chi connectivity index (χ3n) is 4.09. The van der Waals surface area contributed by atoms with Gasteiger partial charge in [0.2, 0.25) is 0 Å². The summed E-state index contributed by atoms with van der Waals surface area (Å²) < 4.78 is 6.01. The number of nitrogen functional groups attached to an aromatic ring is 1. The molecule has 0 radical (unpaired) electrons. The fourth-order valence-corrected chi connectivity index (χ4v) is 2.63. The maximum absolute atomic E-state index is 7.43. The predicted octanol–water partition coefficient (Wildman–Crippen LogP) is 3.37. The van der Waals surface area contributed by atoms with E-state index in [1.165, 1.54) is 31.2 Å². The fourth-order valence-electron chi connectivity index (χ4n) is 2.63. The molecule has 3 nitrogen and oxygen atoms in total. The Bertz CT molecular complexity index is 448. The Morgan fingerprint density at radius 2 is 2.00 bits per heavy atom. The van der Waals surface area contributed by atoms with Gasteiger partial charge in [0.25, 0.3) is 0 Å². The average Bonchev–Trinajstić information content (AvgIpc) is 2.39. The van der Waals surface area contributed by atoms with Gasteiger partial charge in [-0.15, -0.1) is 0 Å². The van der Waals surface area contributed by atoms with Crippen molar-refractivity contribution in [3.63, 3.8) is 0 Å². The van der Waals surface area contributed by atoms with Gasteiger partial charge in [0, 0.05) is 5.56 Å². The molecule has 2 rings (SSSR count). The van der Waals surface area contributed by atoms with Crippen molar-refractivity contribution in [3.8, 4) is 0 Å². The van der Waals surface area contributed by atoms with Crippen molar-refractivity contribution in [3.05, 3.63) is 34.9 Å². The molecular weight excluding hydrogens is 236 g/mol. The van der Waals surface area contributed by atoms with Crippen molar-refractivity contribution in [1.82, 2.24) is 0 Å². The minimum absolute atomic E-state index is 0.122. The summed E-state index contributed by atoms with van der Waals surface area (Å²) in [5, 5.41) is 7.43. The van der Waals surface area contributed by atoms with E-state index in [4.69, 9.17) is 15.9 Å². The van der Waals surface area contributed by atoms with E-state index in [2.05, 4.69) is 6.92 Å². The average molecular weight is 260 g/mol. The lowest BCUT2D eigenvalue weighted by Gasteiger charge is -2.26. The minimum Gasteiger partial charge on any atom is -0.384 e. The van der Waals surface area contributed by atoms with Crippen LogP contribution in [0.3, 0.4) is 0 Å². The Kier molecular flexibility index (Phi) is 4.59. The van der Waals surface area contributed by atoms with Crippen molar-refractivity contribution >= 4 is 5.84 Å². The highest BCUT2D eigenvalue weighted by molar-refractivity contribution is 5.95. The molecule has 0 heterocycles. The molecule has 0 aliphatic heterocycles. The summed E-state index contributed by atoms with van der Waals surface area (Å²) in [6, 6.07) is 5.89. The van der Waals surface area contributed by atoms with Crippen LogP contribution in [0.2, 0.25) is 0 Å². The molecule has 1 fully saturated rings. The van der Waals surface area contributed by atoms with E-state index < -0.39 is 0 Å². The first kappa shape index (κ1) is 14.1. The van der Waals surface area contributed by atoms with Crippen LogP contribution in [-0.4, -0.2) is 11.9 Å². The van der Waals surface area contributed by atoms with E-state index >= 15 is 0 Å². The van der Waals surface area contributed by atoms with Crippen LogP contribution in [0.5, 0.6) is 0 Å². The molecule has 0 atom stereocenters. The van der Waals surface area contributed by atoms with Gasteiger partial charge in [0.15, 0.2) is 0 Å². The number of aryl methyl sites for hydroxylation is 1. The molecule has 1 aliphatic carbocycles. The zero-order valence-corrected chi connectivity index (χ0v) is 11.9. The number of amidine groups is 1. The van der Waals surface area contributed by atoms with Crippen molar-refractivity contribution in [2.45, 2.75) is 52.2 Å². The summed E-state index contributed by atoms with van der Waals surface area (Å²) in [5.74, 6) is 0.980. The molecule has 1 aromatic rings. The highest BCUT2D eigenvalue weighted by Gasteiger charge is 2.18. The molecule has 0 unspecified atom stereocenters. The van der Waals surface area contributed by atoms with Crippen molar-refractivity contribution in [2.24, 2.45) is 11.7 Å². The monoisotopic (exact) mass is 260 g/mol. The summed E-state index contributed by atoms with van der Waals surface area (Å²) in [6.07, 6.45) is 5.36. The van der Waals surface area contributed by atoms with Crippen LogP contribution in [0.25, 0.3) is 0 Å². The van der Waals surface area contributed by atoms with Gasteiger partial charge in [0.1, 0.15) is 5.84 Å². The fraction of sp³-hybridized carbons (Fsp3) is 0.562. The number of nitrogens with two attached hydrogens (primary N) is 1. The Hall–Kier alpha value is -1.35. The SMILES string of the molecule is Cc1cc(C(=N)N)ccc1COC1CCC(C)CC1. The topological polar surface area (TPSA) is 59.1 Å². The molecule has 3 heteroatoms. The van der Waals surface area contributed by atoms with E-state index in [9.17, 15) is 0 Å². The van der Waals surface area contributed by atoms with E-state index in [-0.39, 0.29) is 5.84 Å². The molecule has 104 valence electrons. The van der Waals surface area contributed by atoms with Gasteiger partial charge in [-0.2, -0.15) is 0 Å². The highest BCUT2D eigenvalue weighted by Crippen LogP contribution is 2.26. The summed E-state index contributed by atoms with van der Waals surface area (Å²) >= 11 is 0. The molecule has 0 saturated heterocycles. The summed E-state index contributed by atoms with van der Waals surface area (Å²) in [7, 11) is 0. The molecule has 0 spiro atoms. The molecule has 0 bridgehead atoms. The number of ether oxygens (including phenoxy) is 1. The van der Waals surface area contributed by atoms with Crippen LogP contribution >= 0.6 is 0 Å². The van der Waals surface area contributed by atoms with Crippen molar-refractivity contribution < 1.29 is 4.74 Å². The Morgan fingerprint density at radius 1 is 1.32 bits per heavy atom. The third-order valence-corrected chi connectivity index (χ3v) is 4.09. The maximum atomic E-state index is 7.43. The molecule has 1 aromatic carbocycles. The second-order valence-electron chi connectivity index (χ2n) is 5.75. The lowest BCUT2D eigenvalue weighted by molar-refractivity contribution is 0.00857. The van der Waals surface area contributed by atoms with E-state index in [0.29, 0.717) is 12.7 Å². The minimum atomic E-state index is 0.122. The lowest BCUT2D eigenvalue weighted by Crippen LogP contribution is -2.20. The van der Waals surface area contributed by atoms with Gasteiger partial charge in [-0.3, -0.25) is 5.41 Å². The van der Waals surface area contributed by atoms with E-state index in [1.54, 1.807) is 0 Å². The van der Waals surface area contributed by atoms with Crippen LogP contribution in [-0.2, 0) is 11.3 Å². The largest absolute Gasteiger partial charge is 0.384 e. The van der Waals surface area contributed by atoms with Gasteiger partial charge in [-0.05, 0) is 55.7 Å². The second kappa shape index (κ2) is 6.20. The van der Waals surface area contributed by atoms with Crippen molar-refractivity contribution in [1.29, 1.82) is 5.41 Å². The smallest absolute Gasteiger partial charge is 0.122 e. The molecule has 3 N–H and O–H groups in total. The Morgan fingerprint density at radius 3 is 2.58 bits per heavy atom. The van der Waals surface area contributed by atoms with Gasteiger partial charge < -0.3 is 10.5 Å². The van der Waals surface area contributed by atoms with Gasteiger partial charge in [0.05, 0.1) is 12.7 Å². The number of hydrogen-bond acceptors (Lipinski definition) is 2. The first-order valence-corrected chi connectivity index (χ1v) is 7.11. The quantitative estimate of drug-likeness (QED) is 0.644. The number of hydrogen-bond donors (Lipinski definition) is 2. The molecule has 0 aromatic heterocycles. The van der Waals surface area contributed by atoms with Crippen LogP contribution in [0.1, 0.15) is 49.3 Å². The second-order valence-corrected chi connectivity index (χ2v) is 5.75. The van der Waals surface area contributed by atoms with Crippen LogP contribution in [0.4, 0.5) is 0 Å². The summed E-state index contributed by atoms with van der Waals surface area (Å²) in [6.45, 7) is 5.04. The van der Waals surface area contributed by atoms with Crippen LogP contribution < -0.4 is 5.73 Å². The maximum Gasteiger partial charge on any atom is 0.122 e. The summed E-state index contributed by atoms with van der Waals surface area (Å²) in [5.41, 5.74) is 8.62. The van der Waals surface area contributed by atoms with Gasteiger partial charge >= 0.3 is 0 Å². The Labute approximate surface area is 115 Å². The standard InChI is InChI=1S/C16H24N2O/c1-11-3-7-15(8-4-11)19-10-14-6-5-13(16(17)18)9-12(14)2/h5-6,9,11,15H,3-4,7-8,10H2,1-2H3,(H3,17,18). The third kappa shape index (κ3) is 3.80. The van der Waals surface area contributed by atoms with Crippen LogP contribution in [0, 0.1) is 18.3 Å². The van der Waals surface area contributed by atoms with Crippen LogP contribution in [0.15, 0.2) is 18.2 Å². The molecule has 19 heavy (non-hydrogen) atoms. The van der Waals surface area contributed by atoms with E-state index in [1.807, 2.05) is 25.1 Å². The first-order chi connectivity index (χ1) is 9.06. The van der Waals surface area contributed by atoms with E-state index in [0.717, 1.165) is 17.0 Å². The lowest BCUT2D eigenvalue weighted by atomic mass is 9.89. The number of benzene rings is 1. The zero-order chi connectivity index (χ0) is 13.8. The highest BCUT2D eigenvalue weighted by atomic mass is 16.5. The number of rotatable bonds is 4. The molecule has 0 amide bonds. The molecular formula is C16H24N2O. The van der Waals surface area contributed by atoms with Gasteiger partial charge in [-0.1, -0.05) is 19.1 Å². The normalized spacial score (nSPS) is 23.3. The Balaban J connectivity index is 1.91. The predicted molar refractivity (Wildman–Crippen MR) is 78.4 cm³/mol. The summed E-state index contributed by atoms with van der Waals surface area (Å²) in [4.78, 5) is 0. The van der Waals surface area contributed by atoms with Crippen molar-refractivity contribution in [2.75, 3.05) is 0 Å². The molecule has 1 aliphatic rings. The van der Waals surface area contributed by atoms with Gasteiger partial charge in [-0.25, -0.2) is 0 Å². The molecule has 1 saturated carbocycles. The zero-order valence-electron chi connectivity index (χ0n) is 11.9.